The maximum Gasteiger partial charge on any atom is 0.0513 e. The Bertz CT molecular complexity index is 232. The first-order chi connectivity index (χ1) is 4.88. The average Bonchev–Trinajstić information content (AvgIpc) is 2.04. The summed E-state index contributed by atoms with van der Waals surface area (Å²) in [7, 11) is 0. The molecule has 0 unspecified atom stereocenters. The summed E-state index contributed by atoms with van der Waals surface area (Å²) in [5.41, 5.74) is 2.14. The van der Waals surface area contributed by atoms with Crippen LogP contribution in [0.1, 0.15) is 5.56 Å². The molecule has 0 heterocycles. The predicted octanol–water partition coefficient (Wildman–Crippen LogP) is 3.05. The van der Waals surface area contributed by atoms with Crippen LogP contribution in [0.5, 0.6) is 0 Å². The zero-order valence-electron chi connectivity index (χ0n) is 5.47. The van der Waals surface area contributed by atoms with E-state index in [1.54, 1.807) is 0 Å². The molecule has 1 rings (SSSR count). The second-order valence-corrected chi connectivity index (χ2v) is 2.28. The molecule has 0 radical (unpaired) electrons. The van der Waals surface area contributed by atoms with Crippen LogP contribution in [0, 0.1) is 0 Å². The molecule has 0 fully saturated rings. The first kappa shape index (κ1) is 7.35. The van der Waals surface area contributed by atoms with Crippen molar-refractivity contribution in [2.24, 2.45) is 0 Å². The van der Waals surface area contributed by atoms with Gasteiger partial charge in [-0.05, 0) is 11.6 Å². The maximum absolute atomic E-state index is 3.68. The van der Waals surface area contributed by atoms with E-state index in [0.717, 1.165) is 11.3 Å². The van der Waals surface area contributed by atoms with E-state index < -0.39 is 0 Å². The summed E-state index contributed by atoms with van der Waals surface area (Å²) in [6.07, 6.45) is 1.81. The SMILES string of the molecule is C=Cc1ccccc1NBr. The molecule has 0 aliphatic heterocycles. The molecule has 2 heteroatoms. The highest BCUT2D eigenvalue weighted by molar-refractivity contribution is 9.10. The topological polar surface area (TPSA) is 12.0 Å². The Balaban J connectivity index is 3.08. The smallest absolute Gasteiger partial charge is 0.0513 e. The third-order valence-electron chi connectivity index (χ3n) is 1.28. The fourth-order valence-electron chi connectivity index (χ4n) is 0.761. The molecule has 0 aromatic heterocycles. The van der Waals surface area contributed by atoms with Gasteiger partial charge < -0.3 is 4.34 Å². The molecule has 0 saturated heterocycles. The second-order valence-electron chi connectivity index (χ2n) is 1.89. The van der Waals surface area contributed by atoms with Gasteiger partial charge in [-0.2, -0.15) is 0 Å². The van der Waals surface area contributed by atoms with Crippen molar-refractivity contribution >= 4 is 27.9 Å². The van der Waals surface area contributed by atoms with Gasteiger partial charge in [0.05, 0.1) is 5.69 Å². The highest BCUT2D eigenvalue weighted by Gasteiger charge is 1.92. The van der Waals surface area contributed by atoms with Gasteiger partial charge in [0.25, 0.3) is 0 Å². The van der Waals surface area contributed by atoms with E-state index in [4.69, 9.17) is 0 Å². The first-order valence-electron chi connectivity index (χ1n) is 2.96. The van der Waals surface area contributed by atoms with Crippen LogP contribution < -0.4 is 4.34 Å². The minimum atomic E-state index is 1.04. The number of benzene rings is 1. The van der Waals surface area contributed by atoms with Crippen LogP contribution in [-0.4, -0.2) is 0 Å². The normalized spacial score (nSPS) is 8.90. The van der Waals surface area contributed by atoms with E-state index in [9.17, 15) is 0 Å². The van der Waals surface area contributed by atoms with E-state index >= 15 is 0 Å². The first-order valence-corrected chi connectivity index (χ1v) is 3.76. The van der Waals surface area contributed by atoms with Gasteiger partial charge in [-0.15, -0.1) is 0 Å². The largest absolute Gasteiger partial charge is 0.322 e. The van der Waals surface area contributed by atoms with Crippen LogP contribution in [0.15, 0.2) is 30.8 Å². The van der Waals surface area contributed by atoms with Gasteiger partial charge >= 0.3 is 0 Å². The van der Waals surface area contributed by atoms with Crippen LogP contribution in [0.4, 0.5) is 5.69 Å². The molecule has 0 aliphatic carbocycles. The van der Waals surface area contributed by atoms with Crippen molar-refractivity contribution in [2.45, 2.75) is 0 Å². The number of para-hydroxylation sites is 1. The van der Waals surface area contributed by atoms with E-state index in [1.165, 1.54) is 0 Å². The van der Waals surface area contributed by atoms with Gasteiger partial charge in [-0.25, -0.2) is 0 Å². The Morgan fingerprint density at radius 1 is 1.40 bits per heavy atom. The predicted molar refractivity (Wildman–Crippen MR) is 49.1 cm³/mol. The summed E-state index contributed by atoms with van der Waals surface area (Å²) in [4.78, 5) is 0. The van der Waals surface area contributed by atoms with Crippen molar-refractivity contribution in [3.8, 4) is 0 Å². The van der Waals surface area contributed by atoms with Gasteiger partial charge in [0.1, 0.15) is 0 Å². The van der Waals surface area contributed by atoms with Crippen molar-refractivity contribution in [3.05, 3.63) is 36.4 Å². The zero-order valence-corrected chi connectivity index (χ0v) is 7.06. The molecular weight excluding hydrogens is 190 g/mol. The fraction of sp³-hybridized carbons (Fsp3) is 0. The standard InChI is InChI=1S/C8H8BrN/c1-2-7-5-3-4-6-8(7)10-9/h2-6,10H,1H2. The summed E-state index contributed by atoms with van der Waals surface area (Å²) in [5, 5.41) is 0. The highest BCUT2D eigenvalue weighted by atomic mass is 79.9. The van der Waals surface area contributed by atoms with Crippen LogP contribution in [0.3, 0.4) is 0 Å². The average molecular weight is 198 g/mol. The number of halogens is 1. The van der Waals surface area contributed by atoms with Gasteiger partial charge in [-0.1, -0.05) is 30.9 Å². The second kappa shape index (κ2) is 3.42. The van der Waals surface area contributed by atoms with E-state index in [2.05, 4.69) is 27.1 Å². The summed E-state index contributed by atoms with van der Waals surface area (Å²) < 4.78 is 2.89. The van der Waals surface area contributed by atoms with Gasteiger partial charge in [-0.3, -0.25) is 0 Å². The number of nitrogens with one attached hydrogen (secondary N) is 1. The van der Waals surface area contributed by atoms with Crippen LogP contribution in [0.2, 0.25) is 0 Å². The number of rotatable bonds is 2. The molecule has 0 bridgehead atoms. The van der Waals surface area contributed by atoms with Crippen molar-refractivity contribution in [1.29, 1.82) is 0 Å². The van der Waals surface area contributed by atoms with Crippen molar-refractivity contribution in [3.63, 3.8) is 0 Å². The minimum absolute atomic E-state index is 1.04. The summed E-state index contributed by atoms with van der Waals surface area (Å²) in [5.74, 6) is 0. The van der Waals surface area contributed by atoms with Gasteiger partial charge in [0.2, 0.25) is 0 Å². The molecule has 1 nitrogen and oxygen atoms in total. The summed E-state index contributed by atoms with van der Waals surface area (Å²) >= 11 is 3.15. The Kier molecular flexibility index (Phi) is 2.51. The lowest BCUT2D eigenvalue weighted by molar-refractivity contribution is 1.65. The molecule has 10 heavy (non-hydrogen) atoms. The monoisotopic (exact) mass is 197 g/mol. The third-order valence-corrected chi connectivity index (χ3v) is 1.71. The van der Waals surface area contributed by atoms with Gasteiger partial charge in [0, 0.05) is 16.1 Å². The number of anilines is 1. The fourth-order valence-corrected chi connectivity index (χ4v) is 1.12. The van der Waals surface area contributed by atoms with Crippen molar-refractivity contribution < 1.29 is 0 Å². The third kappa shape index (κ3) is 1.39. The van der Waals surface area contributed by atoms with Crippen LogP contribution >= 0.6 is 16.1 Å². The molecule has 0 atom stereocenters. The Hall–Kier alpha value is -0.760. The lowest BCUT2D eigenvalue weighted by Gasteiger charge is -2.00. The number of hydrogen-bond donors (Lipinski definition) is 1. The van der Waals surface area contributed by atoms with E-state index in [1.807, 2.05) is 30.3 Å². The van der Waals surface area contributed by atoms with Crippen molar-refractivity contribution in [1.82, 2.24) is 0 Å². The molecule has 1 N–H and O–H groups in total. The van der Waals surface area contributed by atoms with Crippen LogP contribution in [-0.2, 0) is 0 Å². The van der Waals surface area contributed by atoms with Gasteiger partial charge in [0.15, 0.2) is 0 Å². The van der Waals surface area contributed by atoms with E-state index in [-0.39, 0.29) is 0 Å². The summed E-state index contributed by atoms with van der Waals surface area (Å²) in [6.45, 7) is 3.68. The zero-order chi connectivity index (χ0) is 7.40. The lowest BCUT2D eigenvalue weighted by Crippen LogP contribution is -1.82. The molecule has 1 aromatic rings. The molecule has 0 spiro atoms. The molecule has 0 amide bonds. The highest BCUT2D eigenvalue weighted by Crippen LogP contribution is 2.16. The van der Waals surface area contributed by atoms with E-state index in [0.29, 0.717) is 0 Å². The Labute approximate surface area is 69.1 Å². The van der Waals surface area contributed by atoms with Crippen molar-refractivity contribution in [2.75, 3.05) is 4.34 Å². The minimum Gasteiger partial charge on any atom is -0.322 e. The molecule has 1 aromatic carbocycles. The van der Waals surface area contributed by atoms with Crippen LogP contribution in [0.25, 0.3) is 6.08 Å². The number of hydrogen-bond acceptors (Lipinski definition) is 1. The lowest BCUT2D eigenvalue weighted by atomic mass is 10.2. The maximum atomic E-state index is 3.68. The molecule has 52 valence electrons. The Morgan fingerprint density at radius 2 is 2.10 bits per heavy atom. The molecule has 0 saturated carbocycles. The summed E-state index contributed by atoms with van der Waals surface area (Å²) in [6, 6.07) is 7.92. The Morgan fingerprint density at radius 3 is 2.60 bits per heavy atom. The quantitative estimate of drug-likeness (QED) is 0.720. The molecular formula is C8H8BrN. The molecule has 0 aliphatic rings.